The van der Waals surface area contributed by atoms with Gasteiger partial charge in [-0.05, 0) is 61.3 Å². The van der Waals surface area contributed by atoms with Crippen LogP contribution in [0.25, 0.3) is 10.9 Å². The molecule has 0 bridgehead atoms. The summed E-state index contributed by atoms with van der Waals surface area (Å²) >= 11 is 0. The molecule has 4 heterocycles. The van der Waals surface area contributed by atoms with Crippen LogP contribution in [0.5, 0.6) is 0 Å². The molecule has 1 aliphatic heterocycles. The van der Waals surface area contributed by atoms with Crippen LogP contribution in [0.15, 0.2) is 61.2 Å². The van der Waals surface area contributed by atoms with Gasteiger partial charge < -0.3 is 9.88 Å². The van der Waals surface area contributed by atoms with Gasteiger partial charge in [0.25, 0.3) is 0 Å². The molecule has 0 amide bonds. The molecule has 3 aromatic heterocycles. The molecule has 0 spiro atoms. The number of benzene rings is 1. The Labute approximate surface area is 180 Å². The fourth-order valence-corrected chi connectivity index (χ4v) is 4.47. The van der Waals surface area contributed by atoms with Gasteiger partial charge in [0.2, 0.25) is 5.95 Å². The summed E-state index contributed by atoms with van der Waals surface area (Å²) in [5, 5.41) is 4.17. The first kappa shape index (κ1) is 19.6. The van der Waals surface area contributed by atoms with Crippen molar-refractivity contribution in [2.45, 2.75) is 25.3 Å². The van der Waals surface area contributed by atoms with Crippen LogP contribution in [0.1, 0.15) is 30.0 Å². The molecule has 4 aromatic rings. The molecule has 1 N–H and O–H groups in total. The summed E-state index contributed by atoms with van der Waals surface area (Å²) < 4.78 is 15.9. The first-order valence-corrected chi connectivity index (χ1v) is 10.6. The minimum absolute atomic E-state index is 0.185. The number of anilines is 2. The summed E-state index contributed by atoms with van der Waals surface area (Å²) in [4.78, 5) is 15.5. The fraction of sp³-hybridized carbons (Fsp3) is 0.292. The predicted octanol–water partition coefficient (Wildman–Crippen LogP) is 4.63. The van der Waals surface area contributed by atoms with Gasteiger partial charge in [-0.3, -0.25) is 9.88 Å². The Morgan fingerprint density at radius 1 is 1.13 bits per heavy atom. The Hall–Kier alpha value is -3.32. The molecule has 0 saturated carbocycles. The molecule has 0 unspecified atom stereocenters. The maximum Gasteiger partial charge on any atom is 0.227 e. The molecule has 1 fully saturated rings. The second-order valence-electron chi connectivity index (χ2n) is 8.17. The zero-order chi connectivity index (χ0) is 21.2. The minimum atomic E-state index is -0.185. The first-order chi connectivity index (χ1) is 15.2. The van der Waals surface area contributed by atoms with E-state index in [4.69, 9.17) is 4.98 Å². The normalized spacial score (nSPS) is 17.2. The first-order valence-electron chi connectivity index (χ1n) is 10.6. The van der Waals surface area contributed by atoms with Gasteiger partial charge in [0.05, 0.1) is 11.9 Å². The van der Waals surface area contributed by atoms with Gasteiger partial charge in [0.15, 0.2) is 0 Å². The summed E-state index contributed by atoms with van der Waals surface area (Å²) in [6, 6.07) is 10.9. The molecule has 31 heavy (non-hydrogen) atoms. The number of pyridine rings is 1. The van der Waals surface area contributed by atoms with Crippen molar-refractivity contribution in [1.82, 2.24) is 24.4 Å². The number of likely N-dealkylation sites (tertiary alicyclic amines) is 1. The lowest BCUT2D eigenvalue weighted by Gasteiger charge is -2.32. The average molecular weight is 417 g/mol. The van der Waals surface area contributed by atoms with E-state index < -0.39 is 0 Å². The van der Waals surface area contributed by atoms with Gasteiger partial charge in [-0.2, -0.15) is 0 Å². The lowest BCUT2D eigenvalue weighted by molar-refractivity contribution is 0.199. The lowest BCUT2D eigenvalue weighted by atomic mass is 9.94. The molecular formula is C24H25FN6. The number of nitrogens with one attached hydrogen (secondary N) is 1. The van der Waals surface area contributed by atoms with Gasteiger partial charge in [0.1, 0.15) is 5.82 Å². The predicted molar refractivity (Wildman–Crippen MR) is 120 cm³/mol. The molecule has 158 valence electrons. The van der Waals surface area contributed by atoms with E-state index in [1.807, 2.05) is 25.4 Å². The van der Waals surface area contributed by atoms with Crippen LogP contribution >= 0.6 is 0 Å². The van der Waals surface area contributed by atoms with Crippen molar-refractivity contribution in [3.63, 3.8) is 0 Å². The van der Waals surface area contributed by atoms with Crippen LogP contribution in [-0.4, -0.2) is 37.5 Å². The number of piperidine rings is 1. The molecule has 1 atom stereocenters. The smallest absolute Gasteiger partial charge is 0.227 e. The second kappa shape index (κ2) is 8.43. The quantitative estimate of drug-likeness (QED) is 0.514. The number of hydrogen-bond acceptors (Lipinski definition) is 5. The number of fused-ring (bicyclic) bond motifs is 1. The summed E-state index contributed by atoms with van der Waals surface area (Å²) in [6.45, 7) is 2.82. The van der Waals surface area contributed by atoms with E-state index in [-0.39, 0.29) is 5.82 Å². The van der Waals surface area contributed by atoms with Crippen molar-refractivity contribution in [2.24, 2.45) is 7.05 Å². The van der Waals surface area contributed by atoms with E-state index in [0.29, 0.717) is 11.9 Å². The van der Waals surface area contributed by atoms with E-state index >= 15 is 0 Å². The van der Waals surface area contributed by atoms with Crippen molar-refractivity contribution in [3.05, 3.63) is 78.3 Å². The molecule has 6 nitrogen and oxygen atoms in total. The van der Waals surface area contributed by atoms with Crippen LogP contribution < -0.4 is 5.32 Å². The van der Waals surface area contributed by atoms with Crippen molar-refractivity contribution >= 4 is 22.5 Å². The van der Waals surface area contributed by atoms with Crippen LogP contribution in [0.2, 0.25) is 0 Å². The molecule has 1 aromatic carbocycles. The van der Waals surface area contributed by atoms with Crippen LogP contribution in [0.4, 0.5) is 16.0 Å². The largest absolute Gasteiger partial charge is 0.350 e. The summed E-state index contributed by atoms with van der Waals surface area (Å²) in [7, 11) is 2.02. The number of hydrogen-bond donors (Lipinski definition) is 1. The Morgan fingerprint density at radius 2 is 2.00 bits per heavy atom. The molecular weight excluding hydrogens is 391 g/mol. The summed E-state index contributed by atoms with van der Waals surface area (Å²) in [5.41, 5.74) is 4.22. The number of nitrogens with zero attached hydrogens (tertiary/aromatic N) is 5. The third kappa shape index (κ3) is 4.27. The van der Waals surface area contributed by atoms with E-state index in [0.717, 1.165) is 54.8 Å². The average Bonchev–Trinajstić information content (AvgIpc) is 3.09. The van der Waals surface area contributed by atoms with Crippen LogP contribution in [-0.2, 0) is 13.6 Å². The number of halogens is 1. The van der Waals surface area contributed by atoms with E-state index in [9.17, 15) is 4.39 Å². The Balaban J connectivity index is 1.28. The fourth-order valence-electron chi connectivity index (χ4n) is 4.47. The zero-order valence-corrected chi connectivity index (χ0v) is 17.5. The highest BCUT2D eigenvalue weighted by atomic mass is 19.1. The lowest BCUT2D eigenvalue weighted by Crippen LogP contribution is -2.34. The van der Waals surface area contributed by atoms with Gasteiger partial charge in [0, 0.05) is 61.2 Å². The van der Waals surface area contributed by atoms with Crippen molar-refractivity contribution in [1.29, 1.82) is 0 Å². The van der Waals surface area contributed by atoms with Gasteiger partial charge in [-0.15, -0.1) is 0 Å². The minimum Gasteiger partial charge on any atom is -0.350 e. The Bertz CT molecular complexity index is 1170. The van der Waals surface area contributed by atoms with Gasteiger partial charge in [-0.1, -0.05) is 0 Å². The molecule has 5 rings (SSSR count). The highest BCUT2D eigenvalue weighted by Crippen LogP contribution is 2.29. The number of aromatic nitrogens is 4. The number of aryl methyl sites for hydroxylation is 1. The molecule has 7 heteroatoms. The van der Waals surface area contributed by atoms with Gasteiger partial charge in [-0.25, -0.2) is 14.4 Å². The van der Waals surface area contributed by atoms with Crippen molar-refractivity contribution in [3.8, 4) is 0 Å². The SMILES string of the molecule is Cn1cc(CN2CCC[C@@H](c3ccc(Nc4ncccn4)cn3)C2)c2cc(F)ccc21. The molecule has 1 aliphatic rings. The zero-order valence-electron chi connectivity index (χ0n) is 17.5. The molecule has 1 saturated heterocycles. The highest BCUT2D eigenvalue weighted by molar-refractivity contribution is 5.84. The third-order valence-corrected chi connectivity index (χ3v) is 5.96. The van der Waals surface area contributed by atoms with E-state index in [1.54, 1.807) is 24.5 Å². The third-order valence-electron chi connectivity index (χ3n) is 5.96. The number of rotatable bonds is 5. The Kier molecular flexibility index (Phi) is 5.34. The molecule has 0 radical (unpaired) electrons. The Morgan fingerprint density at radius 3 is 2.81 bits per heavy atom. The monoisotopic (exact) mass is 416 g/mol. The second-order valence-corrected chi connectivity index (χ2v) is 8.17. The van der Waals surface area contributed by atoms with E-state index in [2.05, 4.69) is 37.0 Å². The highest BCUT2D eigenvalue weighted by Gasteiger charge is 2.23. The van der Waals surface area contributed by atoms with Crippen LogP contribution in [0.3, 0.4) is 0 Å². The van der Waals surface area contributed by atoms with Crippen molar-refractivity contribution in [2.75, 3.05) is 18.4 Å². The summed E-state index contributed by atoms with van der Waals surface area (Å²) in [5.74, 6) is 0.769. The van der Waals surface area contributed by atoms with E-state index in [1.165, 1.54) is 11.6 Å². The maximum atomic E-state index is 13.8. The topological polar surface area (TPSA) is 58.9 Å². The summed E-state index contributed by atoms with van der Waals surface area (Å²) in [6.07, 6.45) is 9.64. The van der Waals surface area contributed by atoms with Crippen molar-refractivity contribution < 1.29 is 4.39 Å². The van der Waals surface area contributed by atoms with Gasteiger partial charge >= 0.3 is 0 Å². The van der Waals surface area contributed by atoms with Crippen LogP contribution in [0, 0.1) is 5.82 Å². The molecule has 0 aliphatic carbocycles. The maximum absolute atomic E-state index is 13.8. The standard InChI is InChI=1S/C24H25FN6/c1-30-14-18(21-12-19(25)5-8-23(21)30)16-31-11-2-4-17(15-31)22-7-6-20(13-28-22)29-24-26-9-3-10-27-24/h3,5-10,12-14,17H,2,4,11,15-16H2,1H3,(H,26,27,29)/t17-/m1/s1.